The molecule has 0 aromatic heterocycles. The molecule has 0 aliphatic carbocycles. The van der Waals surface area contributed by atoms with Crippen LogP contribution in [0.3, 0.4) is 0 Å². The van der Waals surface area contributed by atoms with Crippen molar-refractivity contribution in [2.75, 3.05) is 5.75 Å². The lowest BCUT2D eigenvalue weighted by molar-refractivity contribution is -0.112. The van der Waals surface area contributed by atoms with Crippen molar-refractivity contribution < 1.29 is 13.2 Å². The highest BCUT2D eigenvalue weighted by Crippen LogP contribution is 2.12. The predicted octanol–water partition coefficient (Wildman–Crippen LogP) is 1.91. The van der Waals surface area contributed by atoms with Gasteiger partial charge in [0.05, 0.1) is 4.90 Å². The first kappa shape index (κ1) is 12.6. The lowest BCUT2D eigenvalue weighted by atomic mass is 10.2. The third kappa shape index (κ3) is 3.31. The fourth-order valence-electron chi connectivity index (χ4n) is 1.25. The first-order chi connectivity index (χ1) is 7.45. The highest BCUT2D eigenvalue weighted by atomic mass is 32.2. The van der Waals surface area contributed by atoms with E-state index in [9.17, 15) is 13.2 Å². The van der Waals surface area contributed by atoms with Gasteiger partial charge in [-0.05, 0) is 32.1 Å². The minimum absolute atomic E-state index is 0.191. The van der Waals surface area contributed by atoms with E-state index in [2.05, 4.69) is 0 Å². The van der Waals surface area contributed by atoms with E-state index in [1.807, 2.05) is 6.92 Å². The Hall–Kier alpha value is -1.42. The smallest absolute Gasteiger partial charge is 0.185 e. The predicted molar refractivity (Wildman–Crippen MR) is 63.1 cm³/mol. The van der Waals surface area contributed by atoms with E-state index < -0.39 is 21.4 Å². The van der Waals surface area contributed by atoms with Crippen molar-refractivity contribution >= 4 is 15.6 Å². The number of ketones is 1. The molecule has 0 atom stereocenters. The summed E-state index contributed by atoms with van der Waals surface area (Å²) in [7, 11) is -3.50. The van der Waals surface area contributed by atoms with Crippen molar-refractivity contribution in [3.63, 3.8) is 0 Å². The Labute approximate surface area is 95.7 Å². The summed E-state index contributed by atoms with van der Waals surface area (Å²) in [5.74, 6) is -0.872. The van der Waals surface area contributed by atoms with Crippen LogP contribution in [0.2, 0.25) is 0 Å². The van der Waals surface area contributed by atoms with E-state index in [0.29, 0.717) is 0 Å². The van der Waals surface area contributed by atoms with Crippen LogP contribution in [0.25, 0.3) is 0 Å². The van der Waals surface area contributed by atoms with E-state index in [0.717, 1.165) is 5.56 Å². The molecule has 1 aromatic carbocycles. The van der Waals surface area contributed by atoms with Gasteiger partial charge in [-0.1, -0.05) is 23.8 Å². The van der Waals surface area contributed by atoms with Gasteiger partial charge >= 0.3 is 0 Å². The summed E-state index contributed by atoms with van der Waals surface area (Å²) < 4.78 is 23.5. The van der Waals surface area contributed by atoms with Crippen LogP contribution in [0.15, 0.2) is 41.3 Å². The van der Waals surface area contributed by atoms with Crippen LogP contribution in [0.1, 0.15) is 12.5 Å². The first-order valence-electron chi connectivity index (χ1n) is 4.90. The SMILES string of the molecule is C/C=C/C(=O)CS(=O)(=O)c1ccc(C)cc1. The van der Waals surface area contributed by atoms with Crippen molar-refractivity contribution in [2.24, 2.45) is 0 Å². The van der Waals surface area contributed by atoms with Crippen LogP contribution < -0.4 is 0 Å². The zero-order valence-corrected chi connectivity index (χ0v) is 10.1. The van der Waals surface area contributed by atoms with Gasteiger partial charge in [0, 0.05) is 0 Å². The molecule has 0 radical (unpaired) electrons. The summed E-state index contributed by atoms with van der Waals surface area (Å²) in [6.45, 7) is 3.55. The van der Waals surface area contributed by atoms with Crippen LogP contribution in [-0.4, -0.2) is 20.0 Å². The molecule has 0 aliphatic heterocycles. The number of hydrogen-bond donors (Lipinski definition) is 0. The van der Waals surface area contributed by atoms with E-state index in [4.69, 9.17) is 0 Å². The van der Waals surface area contributed by atoms with Gasteiger partial charge in [0.2, 0.25) is 0 Å². The minimum Gasteiger partial charge on any atom is -0.294 e. The van der Waals surface area contributed by atoms with Crippen LogP contribution >= 0.6 is 0 Å². The number of carbonyl (C=O) groups is 1. The molecule has 4 heteroatoms. The Balaban J connectivity index is 2.94. The van der Waals surface area contributed by atoms with Gasteiger partial charge in [-0.25, -0.2) is 8.42 Å². The molecule has 0 bridgehead atoms. The summed E-state index contributed by atoms with van der Waals surface area (Å²) >= 11 is 0. The Morgan fingerprint density at radius 2 is 1.81 bits per heavy atom. The Morgan fingerprint density at radius 1 is 1.25 bits per heavy atom. The first-order valence-corrected chi connectivity index (χ1v) is 6.56. The molecule has 0 aliphatic rings. The molecule has 0 spiro atoms. The summed E-state index contributed by atoms with van der Waals surface area (Å²) in [5, 5.41) is 0. The van der Waals surface area contributed by atoms with Crippen LogP contribution in [0.4, 0.5) is 0 Å². The third-order valence-electron chi connectivity index (χ3n) is 2.06. The van der Waals surface area contributed by atoms with Gasteiger partial charge < -0.3 is 0 Å². The lowest BCUT2D eigenvalue weighted by Crippen LogP contribution is -2.14. The largest absolute Gasteiger partial charge is 0.294 e. The van der Waals surface area contributed by atoms with Gasteiger partial charge in [0.15, 0.2) is 15.6 Å². The van der Waals surface area contributed by atoms with Gasteiger partial charge in [0.25, 0.3) is 0 Å². The molecule has 0 saturated carbocycles. The van der Waals surface area contributed by atoms with Crippen molar-refractivity contribution in [3.05, 3.63) is 42.0 Å². The number of sulfone groups is 1. The number of benzene rings is 1. The molecule has 0 heterocycles. The average Bonchev–Trinajstić information content (AvgIpc) is 2.17. The third-order valence-corrected chi connectivity index (χ3v) is 3.72. The highest BCUT2D eigenvalue weighted by molar-refractivity contribution is 7.92. The van der Waals surface area contributed by atoms with Crippen molar-refractivity contribution in [1.82, 2.24) is 0 Å². The van der Waals surface area contributed by atoms with E-state index in [-0.39, 0.29) is 4.90 Å². The zero-order chi connectivity index (χ0) is 12.2. The zero-order valence-electron chi connectivity index (χ0n) is 9.30. The molecule has 86 valence electrons. The topological polar surface area (TPSA) is 51.2 Å². The van der Waals surface area contributed by atoms with E-state index in [1.165, 1.54) is 24.3 Å². The Kier molecular flexibility index (Phi) is 4.01. The Bertz CT molecular complexity index is 496. The molecule has 16 heavy (non-hydrogen) atoms. The van der Waals surface area contributed by atoms with Crippen molar-refractivity contribution in [3.8, 4) is 0 Å². The molecule has 1 rings (SSSR count). The fraction of sp³-hybridized carbons (Fsp3) is 0.250. The average molecular weight is 238 g/mol. The maximum Gasteiger partial charge on any atom is 0.185 e. The fourth-order valence-corrected chi connectivity index (χ4v) is 2.44. The van der Waals surface area contributed by atoms with Crippen LogP contribution in [0, 0.1) is 6.92 Å². The number of allylic oxidation sites excluding steroid dienone is 2. The maximum absolute atomic E-state index is 11.8. The minimum atomic E-state index is -3.50. The lowest BCUT2D eigenvalue weighted by Gasteiger charge is -2.02. The van der Waals surface area contributed by atoms with Gasteiger partial charge in [0.1, 0.15) is 5.75 Å². The molecule has 0 saturated heterocycles. The quantitative estimate of drug-likeness (QED) is 0.753. The monoisotopic (exact) mass is 238 g/mol. The highest BCUT2D eigenvalue weighted by Gasteiger charge is 2.17. The molecule has 3 nitrogen and oxygen atoms in total. The van der Waals surface area contributed by atoms with Gasteiger partial charge in [-0.2, -0.15) is 0 Å². The van der Waals surface area contributed by atoms with E-state index >= 15 is 0 Å². The number of carbonyl (C=O) groups excluding carboxylic acids is 1. The van der Waals surface area contributed by atoms with Gasteiger partial charge in [-0.15, -0.1) is 0 Å². The van der Waals surface area contributed by atoms with Crippen LogP contribution in [0.5, 0.6) is 0 Å². The van der Waals surface area contributed by atoms with Crippen LogP contribution in [-0.2, 0) is 14.6 Å². The molecule has 0 amide bonds. The standard InChI is InChI=1S/C12H14O3S/c1-3-4-11(13)9-16(14,15)12-7-5-10(2)6-8-12/h3-8H,9H2,1-2H3/b4-3+. The van der Waals surface area contributed by atoms with Gasteiger partial charge in [-0.3, -0.25) is 4.79 Å². The number of hydrogen-bond acceptors (Lipinski definition) is 3. The summed E-state index contributed by atoms with van der Waals surface area (Å²) in [6.07, 6.45) is 2.80. The second-order valence-electron chi connectivity index (χ2n) is 3.54. The second kappa shape index (κ2) is 5.07. The summed E-state index contributed by atoms with van der Waals surface area (Å²) in [6, 6.07) is 6.47. The normalized spacial score (nSPS) is 11.9. The molecule has 0 N–H and O–H groups in total. The van der Waals surface area contributed by atoms with Crippen molar-refractivity contribution in [2.45, 2.75) is 18.7 Å². The Morgan fingerprint density at radius 3 is 2.31 bits per heavy atom. The molecule has 0 fully saturated rings. The van der Waals surface area contributed by atoms with Crippen molar-refractivity contribution in [1.29, 1.82) is 0 Å². The number of rotatable bonds is 4. The summed E-state index contributed by atoms with van der Waals surface area (Å²) in [4.78, 5) is 11.4. The molecular formula is C12H14O3S. The molecular weight excluding hydrogens is 224 g/mol. The second-order valence-corrected chi connectivity index (χ2v) is 5.53. The molecule has 1 aromatic rings. The summed E-state index contributed by atoms with van der Waals surface area (Å²) in [5.41, 5.74) is 0.985. The molecule has 0 unspecified atom stereocenters. The maximum atomic E-state index is 11.8. The number of aryl methyl sites for hydroxylation is 1. The van der Waals surface area contributed by atoms with E-state index in [1.54, 1.807) is 19.1 Å².